The number of nitrogens with two attached hydrogens (primary N) is 1. The van der Waals surface area contributed by atoms with Crippen molar-refractivity contribution in [1.82, 2.24) is 5.16 Å². The lowest BCUT2D eigenvalue weighted by Crippen LogP contribution is -2.30. The third-order valence-electron chi connectivity index (χ3n) is 3.10. The Morgan fingerprint density at radius 1 is 1.30 bits per heavy atom. The van der Waals surface area contributed by atoms with Gasteiger partial charge in [0, 0.05) is 5.69 Å². The Labute approximate surface area is 132 Å². The monoisotopic (exact) mass is 319 g/mol. The summed E-state index contributed by atoms with van der Waals surface area (Å²) in [5.41, 5.74) is 6.38. The second-order valence-corrected chi connectivity index (χ2v) is 4.77. The van der Waals surface area contributed by atoms with Gasteiger partial charge in [-0.05, 0) is 38.1 Å². The molecule has 1 heterocycles. The normalized spacial score (nSPS) is 11.6. The van der Waals surface area contributed by atoms with E-state index >= 15 is 0 Å². The fourth-order valence-electron chi connectivity index (χ4n) is 1.83. The van der Waals surface area contributed by atoms with Gasteiger partial charge in [0.05, 0.1) is 12.8 Å². The van der Waals surface area contributed by atoms with Crippen LogP contribution in [-0.2, 0) is 9.53 Å². The number of anilines is 2. The van der Waals surface area contributed by atoms with E-state index in [4.69, 9.17) is 19.7 Å². The topological polar surface area (TPSA) is 117 Å². The lowest BCUT2D eigenvalue weighted by atomic mass is 10.2. The number of carbonyl (C=O) groups is 2. The molecular weight excluding hydrogens is 302 g/mol. The van der Waals surface area contributed by atoms with Crippen LogP contribution in [0.2, 0.25) is 0 Å². The predicted octanol–water partition coefficient (Wildman–Crippen LogP) is 1.76. The van der Waals surface area contributed by atoms with Gasteiger partial charge in [0.25, 0.3) is 5.91 Å². The highest BCUT2D eigenvalue weighted by atomic mass is 16.5. The van der Waals surface area contributed by atoms with E-state index in [2.05, 4.69) is 10.5 Å². The van der Waals surface area contributed by atoms with Gasteiger partial charge in [-0.2, -0.15) is 0 Å². The van der Waals surface area contributed by atoms with Gasteiger partial charge in [-0.15, -0.1) is 0 Å². The molecule has 3 N–H and O–H groups in total. The summed E-state index contributed by atoms with van der Waals surface area (Å²) in [4.78, 5) is 24.1. The molecule has 0 saturated carbocycles. The van der Waals surface area contributed by atoms with Crippen LogP contribution in [-0.4, -0.2) is 30.2 Å². The van der Waals surface area contributed by atoms with Gasteiger partial charge in [-0.3, -0.25) is 4.79 Å². The number of carbonyl (C=O) groups excluding carboxylic acids is 2. The highest BCUT2D eigenvalue weighted by Crippen LogP contribution is 2.18. The van der Waals surface area contributed by atoms with Gasteiger partial charge >= 0.3 is 5.97 Å². The van der Waals surface area contributed by atoms with Crippen LogP contribution in [0.1, 0.15) is 23.0 Å². The molecule has 2 aromatic rings. The Bertz CT molecular complexity index is 689. The molecule has 0 unspecified atom stereocenters. The molecule has 8 heteroatoms. The number of methoxy groups -OCH3 is 1. The molecule has 0 bridgehead atoms. The fraction of sp³-hybridized carbons (Fsp3) is 0.267. The molecule has 122 valence electrons. The van der Waals surface area contributed by atoms with Crippen molar-refractivity contribution in [3.8, 4) is 5.75 Å². The molecule has 1 atom stereocenters. The van der Waals surface area contributed by atoms with Crippen LogP contribution in [0, 0.1) is 6.92 Å². The summed E-state index contributed by atoms with van der Waals surface area (Å²) in [7, 11) is 1.55. The Morgan fingerprint density at radius 3 is 2.48 bits per heavy atom. The third kappa shape index (κ3) is 3.79. The van der Waals surface area contributed by atoms with E-state index < -0.39 is 18.0 Å². The number of nitrogen functional groups attached to an aromatic ring is 1. The van der Waals surface area contributed by atoms with E-state index in [9.17, 15) is 9.59 Å². The zero-order valence-corrected chi connectivity index (χ0v) is 13.0. The number of nitrogens with zero attached hydrogens (tertiary/aromatic N) is 1. The first kappa shape index (κ1) is 16.3. The number of ether oxygens (including phenoxy) is 2. The Morgan fingerprint density at radius 2 is 1.96 bits per heavy atom. The van der Waals surface area contributed by atoms with Crippen molar-refractivity contribution in [1.29, 1.82) is 0 Å². The summed E-state index contributed by atoms with van der Waals surface area (Å²) in [5.74, 6) is -0.717. The second kappa shape index (κ2) is 6.82. The van der Waals surface area contributed by atoms with Crippen molar-refractivity contribution in [2.45, 2.75) is 20.0 Å². The number of nitrogens with one attached hydrogen (secondary N) is 1. The smallest absolute Gasteiger partial charge is 0.346 e. The first-order chi connectivity index (χ1) is 10.9. The van der Waals surface area contributed by atoms with Crippen molar-refractivity contribution in [3.05, 3.63) is 35.5 Å². The predicted molar refractivity (Wildman–Crippen MR) is 82.2 cm³/mol. The number of aromatic nitrogens is 1. The summed E-state index contributed by atoms with van der Waals surface area (Å²) < 4.78 is 14.8. The molecule has 1 aromatic heterocycles. The lowest BCUT2D eigenvalue weighted by Gasteiger charge is -2.13. The number of rotatable bonds is 5. The fourth-order valence-corrected chi connectivity index (χ4v) is 1.83. The minimum Gasteiger partial charge on any atom is -0.497 e. The van der Waals surface area contributed by atoms with Gasteiger partial charge in [0.2, 0.25) is 5.88 Å². The molecule has 0 saturated heterocycles. The van der Waals surface area contributed by atoms with Crippen LogP contribution >= 0.6 is 0 Å². The number of benzene rings is 1. The Kier molecular flexibility index (Phi) is 4.85. The maximum atomic E-state index is 12.1. The molecule has 1 amide bonds. The average Bonchev–Trinajstić information content (AvgIpc) is 2.86. The molecule has 1 aromatic carbocycles. The number of hydrogen-bond acceptors (Lipinski definition) is 7. The van der Waals surface area contributed by atoms with Gasteiger partial charge in [0.15, 0.2) is 6.10 Å². The summed E-state index contributed by atoms with van der Waals surface area (Å²) in [6, 6.07) is 6.75. The summed E-state index contributed by atoms with van der Waals surface area (Å²) in [6.07, 6.45) is -1.02. The van der Waals surface area contributed by atoms with E-state index in [1.165, 1.54) is 6.92 Å². The first-order valence-electron chi connectivity index (χ1n) is 6.80. The molecular formula is C15H17N3O5. The molecule has 0 fully saturated rings. The van der Waals surface area contributed by atoms with Crippen molar-refractivity contribution in [2.24, 2.45) is 0 Å². The van der Waals surface area contributed by atoms with Crippen LogP contribution in [0.5, 0.6) is 5.75 Å². The third-order valence-corrected chi connectivity index (χ3v) is 3.10. The quantitative estimate of drug-likeness (QED) is 0.806. The van der Waals surface area contributed by atoms with Crippen LogP contribution in [0.25, 0.3) is 0 Å². The highest BCUT2D eigenvalue weighted by molar-refractivity contribution is 5.99. The van der Waals surface area contributed by atoms with E-state index in [1.54, 1.807) is 38.3 Å². The zero-order valence-electron chi connectivity index (χ0n) is 13.0. The Hall–Kier alpha value is -3.03. The second-order valence-electron chi connectivity index (χ2n) is 4.77. The van der Waals surface area contributed by atoms with Crippen LogP contribution in [0.15, 0.2) is 28.8 Å². The zero-order chi connectivity index (χ0) is 17.0. The van der Waals surface area contributed by atoms with Gasteiger partial charge in [-0.25, -0.2) is 4.79 Å². The van der Waals surface area contributed by atoms with Crippen molar-refractivity contribution < 1.29 is 23.6 Å². The van der Waals surface area contributed by atoms with E-state index in [0.29, 0.717) is 17.1 Å². The first-order valence-corrected chi connectivity index (χ1v) is 6.80. The number of hydrogen-bond donors (Lipinski definition) is 2. The minimum absolute atomic E-state index is 0.0223. The molecule has 0 aliphatic rings. The van der Waals surface area contributed by atoms with Gasteiger partial charge in [0.1, 0.15) is 11.3 Å². The molecule has 23 heavy (non-hydrogen) atoms. The van der Waals surface area contributed by atoms with Crippen molar-refractivity contribution in [3.63, 3.8) is 0 Å². The standard InChI is InChI=1S/C15H17N3O5/c1-8-12(13(16)23-18-8)15(20)22-9(2)14(19)17-10-4-6-11(21-3)7-5-10/h4-7,9H,16H2,1-3H3,(H,17,19)/t9-/m1/s1. The molecule has 0 aliphatic carbocycles. The van der Waals surface area contributed by atoms with Gasteiger partial charge < -0.3 is 25.0 Å². The largest absolute Gasteiger partial charge is 0.497 e. The minimum atomic E-state index is -1.02. The number of amides is 1. The Balaban J connectivity index is 1.98. The lowest BCUT2D eigenvalue weighted by molar-refractivity contribution is -0.123. The van der Waals surface area contributed by atoms with Gasteiger partial charge in [-0.1, -0.05) is 5.16 Å². The molecule has 2 rings (SSSR count). The van der Waals surface area contributed by atoms with E-state index in [0.717, 1.165) is 0 Å². The number of esters is 1. The summed E-state index contributed by atoms with van der Waals surface area (Å²) in [6.45, 7) is 3.01. The van der Waals surface area contributed by atoms with Crippen LogP contribution < -0.4 is 15.8 Å². The highest BCUT2D eigenvalue weighted by Gasteiger charge is 2.24. The average molecular weight is 319 g/mol. The molecule has 0 radical (unpaired) electrons. The summed E-state index contributed by atoms with van der Waals surface area (Å²) in [5, 5.41) is 6.19. The van der Waals surface area contributed by atoms with Crippen LogP contribution in [0.3, 0.4) is 0 Å². The maximum Gasteiger partial charge on any atom is 0.346 e. The molecule has 0 spiro atoms. The maximum absolute atomic E-state index is 12.1. The molecule has 0 aliphatic heterocycles. The van der Waals surface area contributed by atoms with Crippen molar-refractivity contribution in [2.75, 3.05) is 18.2 Å². The molecule has 8 nitrogen and oxygen atoms in total. The van der Waals surface area contributed by atoms with E-state index in [-0.39, 0.29) is 11.4 Å². The van der Waals surface area contributed by atoms with Crippen LogP contribution in [0.4, 0.5) is 11.6 Å². The summed E-state index contributed by atoms with van der Waals surface area (Å²) >= 11 is 0. The van der Waals surface area contributed by atoms with Crippen molar-refractivity contribution >= 4 is 23.4 Å². The van der Waals surface area contributed by atoms with E-state index in [1.807, 2.05) is 0 Å². The SMILES string of the molecule is COc1ccc(NC(=O)[C@@H](C)OC(=O)c2c(C)noc2N)cc1. The number of aryl methyl sites for hydroxylation is 1.